The Morgan fingerprint density at radius 1 is 1.03 bits per heavy atom. The Bertz CT molecular complexity index is 1210. The number of carbonyl (C=O) groups is 1. The molecule has 32 heavy (non-hydrogen) atoms. The summed E-state index contributed by atoms with van der Waals surface area (Å²) in [5, 5.41) is 2.29. The third-order valence-corrected chi connectivity index (χ3v) is 6.31. The van der Waals surface area contributed by atoms with Gasteiger partial charge in [0.2, 0.25) is 5.91 Å². The van der Waals surface area contributed by atoms with E-state index in [0.717, 1.165) is 22.0 Å². The molecular weight excluding hydrogens is 438 g/mol. The molecule has 0 aliphatic rings. The van der Waals surface area contributed by atoms with Gasteiger partial charge in [0, 0.05) is 6.07 Å². The molecule has 0 atom stereocenters. The van der Waals surface area contributed by atoms with E-state index in [9.17, 15) is 22.0 Å². The van der Waals surface area contributed by atoms with E-state index in [1.165, 1.54) is 18.2 Å². The number of rotatable bonds is 8. The maximum absolute atomic E-state index is 14.0. The van der Waals surface area contributed by atoms with Crippen LogP contribution in [0.5, 0.6) is 5.75 Å². The number of hydrogen-bond acceptors (Lipinski definition) is 4. The van der Waals surface area contributed by atoms with E-state index in [1.807, 2.05) is 6.92 Å². The molecule has 0 radical (unpaired) electrons. The van der Waals surface area contributed by atoms with E-state index in [1.54, 1.807) is 37.3 Å². The second-order valence-electron chi connectivity index (χ2n) is 6.90. The van der Waals surface area contributed by atoms with Gasteiger partial charge in [-0.25, -0.2) is 17.2 Å². The normalized spacial score (nSPS) is 11.1. The van der Waals surface area contributed by atoms with Crippen molar-refractivity contribution in [2.24, 2.45) is 0 Å². The highest BCUT2D eigenvalue weighted by Gasteiger charge is 2.29. The van der Waals surface area contributed by atoms with Gasteiger partial charge in [0.25, 0.3) is 10.0 Å². The molecule has 168 valence electrons. The number of nitrogens with zero attached hydrogens (tertiary/aromatic N) is 1. The molecule has 0 saturated carbocycles. The van der Waals surface area contributed by atoms with Crippen LogP contribution in [0.1, 0.15) is 12.5 Å². The minimum absolute atomic E-state index is 0.0184. The molecule has 3 rings (SSSR count). The van der Waals surface area contributed by atoms with Crippen LogP contribution in [0.2, 0.25) is 0 Å². The van der Waals surface area contributed by atoms with Gasteiger partial charge < -0.3 is 10.1 Å². The monoisotopic (exact) mass is 460 g/mol. The van der Waals surface area contributed by atoms with Crippen molar-refractivity contribution in [3.63, 3.8) is 0 Å². The fourth-order valence-electron chi connectivity index (χ4n) is 2.99. The Morgan fingerprint density at radius 3 is 2.38 bits per heavy atom. The number of para-hydroxylation sites is 2. The highest BCUT2D eigenvalue weighted by molar-refractivity contribution is 7.92. The number of amides is 1. The maximum Gasteiger partial charge on any atom is 0.264 e. The highest BCUT2D eigenvalue weighted by Crippen LogP contribution is 2.32. The van der Waals surface area contributed by atoms with E-state index in [-0.39, 0.29) is 28.6 Å². The van der Waals surface area contributed by atoms with Crippen LogP contribution in [-0.4, -0.2) is 27.5 Å². The third kappa shape index (κ3) is 5.23. The largest absolute Gasteiger partial charge is 0.492 e. The first-order valence-corrected chi connectivity index (χ1v) is 11.2. The Balaban J connectivity index is 2.01. The molecule has 0 aliphatic carbocycles. The average Bonchev–Trinajstić information content (AvgIpc) is 2.75. The van der Waals surface area contributed by atoms with Crippen LogP contribution in [0, 0.1) is 18.6 Å². The van der Waals surface area contributed by atoms with Crippen LogP contribution in [0.3, 0.4) is 0 Å². The van der Waals surface area contributed by atoms with Crippen molar-refractivity contribution in [2.75, 3.05) is 22.8 Å². The minimum Gasteiger partial charge on any atom is -0.492 e. The summed E-state index contributed by atoms with van der Waals surface area (Å²) in [7, 11) is -4.18. The molecule has 3 aromatic rings. The number of nitrogens with one attached hydrogen (secondary N) is 1. The van der Waals surface area contributed by atoms with Crippen molar-refractivity contribution in [1.29, 1.82) is 0 Å². The molecule has 0 aliphatic heterocycles. The Hall–Kier alpha value is -3.46. The molecule has 0 fully saturated rings. The predicted octanol–water partition coefficient (Wildman–Crippen LogP) is 4.51. The number of halogens is 2. The predicted molar refractivity (Wildman–Crippen MR) is 118 cm³/mol. The van der Waals surface area contributed by atoms with Crippen LogP contribution in [-0.2, 0) is 14.8 Å². The topological polar surface area (TPSA) is 75.7 Å². The van der Waals surface area contributed by atoms with E-state index >= 15 is 0 Å². The smallest absolute Gasteiger partial charge is 0.264 e. The Kier molecular flexibility index (Phi) is 7.09. The molecule has 0 bridgehead atoms. The number of aryl methyl sites for hydroxylation is 1. The first-order valence-electron chi connectivity index (χ1n) is 9.78. The summed E-state index contributed by atoms with van der Waals surface area (Å²) >= 11 is 0. The second kappa shape index (κ2) is 9.78. The van der Waals surface area contributed by atoms with Crippen molar-refractivity contribution < 1.29 is 26.7 Å². The van der Waals surface area contributed by atoms with E-state index in [2.05, 4.69) is 5.32 Å². The van der Waals surface area contributed by atoms with E-state index < -0.39 is 34.1 Å². The summed E-state index contributed by atoms with van der Waals surface area (Å²) < 4.78 is 60.5. The van der Waals surface area contributed by atoms with Crippen LogP contribution in [0.4, 0.5) is 20.2 Å². The lowest BCUT2D eigenvalue weighted by atomic mass is 10.2. The number of hydrogen-bond donors (Lipinski definition) is 1. The molecule has 0 heterocycles. The average molecular weight is 461 g/mol. The summed E-state index contributed by atoms with van der Waals surface area (Å²) in [6.45, 7) is 3.20. The fourth-order valence-corrected chi connectivity index (χ4v) is 4.42. The van der Waals surface area contributed by atoms with Crippen LogP contribution >= 0.6 is 0 Å². The maximum atomic E-state index is 14.0. The SMILES string of the molecule is CCOc1ccccc1N(CC(=O)Nc1ccc(F)cc1F)S(=O)(=O)c1ccc(C)cc1. The molecule has 0 spiro atoms. The van der Waals surface area contributed by atoms with Crippen molar-refractivity contribution in [3.05, 3.63) is 83.9 Å². The molecule has 1 amide bonds. The summed E-state index contributed by atoms with van der Waals surface area (Å²) in [5.74, 6) is -2.31. The van der Waals surface area contributed by atoms with Gasteiger partial charge in [-0.1, -0.05) is 29.8 Å². The van der Waals surface area contributed by atoms with Crippen molar-refractivity contribution in [1.82, 2.24) is 0 Å². The second-order valence-corrected chi connectivity index (χ2v) is 8.76. The number of ether oxygens (including phenoxy) is 1. The summed E-state index contributed by atoms with van der Waals surface area (Å²) in [6, 6.07) is 15.3. The lowest BCUT2D eigenvalue weighted by Gasteiger charge is -2.26. The van der Waals surface area contributed by atoms with Crippen molar-refractivity contribution in [2.45, 2.75) is 18.7 Å². The van der Waals surface area contributed by atoms with Gasteiger partial charge in [-0.2, -0.15) is 0 Å². The van der Waals surface area contributed by atoms with Crippen molar-refractivity contribution >= 4 is 27.3 Å². The molecule has 0 saturated heterocycles. The third-order valence-electron chi connectivity index (χ3n) is 4.54. The zero-order chi connectivity index (χ0) is 23.3. The lowest BCUT2D eigenvalue weighted by molar-refractivity contribution is -0.114. The van der Waals surface area contributed by atoms with Gasteiger partial charge in [-0.15, -0.1) is 0 Å². The van der Waals surface area contributed by atoms with Gasteiger partial charge >= 0.3 is 0 Å². The highest BCUT2D eigenvalue weighted by atomic mass is 32.2. The van der Waals surface area contributed by atoms with Crippen LogP contribution in [0.15, 0.2) is 71.6 Å². The quantitative estimate of drug-likeness (QED) is 0.537. The van der Waals surface area contributed by atoms with E-state index in [0.29, 0.717) is 6.07 Å². The molecule has 0 aromatic heterocycles. The Labute approximate surface area is 185 Å². The van der Waals surface area contributed by atoms with Crippen LogP contribution < -0.4 is 14.4 Å². The van der Waals surface area contributed by atoms with Gasteiger partial charge in [0.05, 0.1) is 22.9 Å². The van der Waals surface area contributed by atoms with E-state index in [4.69, 9.17) is 4.74 Å². The number of carbonyl (C=O) groups excluding carboxylic acids is 1. The molecule has 0 unspecified atom stereocenters. The van der Waals surface area contributed by atoms with Gasteiger partial charge in [-0.3, -0.25) is 9.10 Å². The van der Waals surface area contributed by atoms with Crippen LogP contribution in [0.25, 0.3) is 0 Å². The standard InChI is InChI=1S/C23H22F2N2O4S/c1-3-31-22-7-5-4-6-21(22)27(32(29,30)18-11-8-16(2)9-12-18)15-23(28)26-20-13-10-17(24)14-19(20)25/h4-14H,3,15H2,1-2H3,(H,26,28). The first kappa shape index (κ1) is 23.2. The summed E-state index contributed by atoms with van der Waals surface area (Å²) in [6.07, 6.45) is 0. The summed E-state index contributed by atoms with van der Waals surface area (Å²) in [5.41, 5.74) is 0.765. The molecule has 1 N–H and O–H groups in total. The molecule has 3 aromatic carbocycles. The molecule has 6 nitrogen and oxygen atoms in total. The number of anilines is 2. The zero-order valence-corrected chi connectivity index (χ0v) is 18.3. The lowest BCUT2D eigenvalue weighted by Crippen LogP contribution is -2.38. The summed E-state index contributed by atoms with van der Waals surface area (Å²) in [4.78, 5) is 12.7. The van der Waals surface area contributed by atoms with Gasteiger partial charge in [0.15, 0.2) is 0 Å². The van der Waals surface area contributed by atoms with Gasteiger partial charge in [-0.05, 0) is 50.2 Å². The minimum atomic E-state index is -4.18. The molecular formula is C23H22F2N2O4S. The van der Waals surface area contributed by atoms with Gasteiger partial charge in [0.1, 0.15) is 23.9 Å². The zero-order valence-electron chi connectivity index (χ0n) is 17.5. The number of sulfonamides is 1. The fraction of sp³-hybridized carbons (Fsp3) is 0.174. The number of benzene rings is 3. The Morgan fingerprint density at radius 2 is 1.72 bits per heavy atom. The first-order chi connectivity index (χ1) is 15.2. The molecule has 9 heteroatoms. The van der Waals surface area contributed by atoms with Crippen molar-refractivity contribution in [3.8, 4) is 5.75 Å².